The highest BCUT2D eigenvalue weighted by Crippen LogP contribution is 2.34. The lowest BCUT2D eigenvalue weighted by Gasteiger charge is -2.48. The van der Waals surface area contributed by atoms with Crippen LogP contribution in [0.3, 0.4) is 0 Å². The van der Waals surface area contributed by atoms with Gasteiger partial charge in [0.05, 0.1) is 0 Å². The summed E-state index contributed by atoms with van der Waals surface area (Å²) in [6.07, 6.45) is 0. The molecule has 14 heavy (non-hydrogen) atoms. The molecule has 0 rings (SSSR count). The summed E-state index contributed by atoms with van der Waals surface area (Å²) >= 11 is 5.37. The molecule has 0 radical (unpaired) electrons. The lowest BCUT2D eigenvalue weighted by molar-refractivity contribution is 0.0927. The van der Waals surface area contributed by atoms with E-state index >= 15 is 0 Å². The number of hydrogen-bond acceptors (Lipinski definition) is 1. The van der Waals surface area contributed by atoms with Gasteiger partial charge in [0.1, 0.15) is 0 Å². The van der Waals surface area contributed by atoms with Gasteiger partial charge in [-0.15, -0.1) is 0 Å². The molecule has 0 bridgehead atoms. The molecule has 0 aromatic heterocycles. The molecule has 0 aliphatic heterocycles. The lowest BCUT2D eigenvalue weighted by Crippen LogP contribution is -2.55. The summed E-state index contributed by atoms with van der Waals surface area (Å²) in [6, 6.07) is 0. The minimum absolute atomic E-state index is 0.0500. The Morgan fingerprint density at radius 2 is 1.29 bits per heavy atom. The number of hydrogen-bond donors (Lipinski definition) is 0. The summed E-state index contributed by atoms with van der Waals surface area (Å²) in [6.45, 7) is 11.2. The van der Waals surface area contributed by atoms with Gasteiger partial charge in [-0.05, 0) is 31.5 Å². The summed E-state index contributed by atoms with van der Waals surface area (Å²) < 4.78 is 0. The summed E-state index contributed by atoms with van der Waals surface area (Å²) in [5.74, 6) is 0. The van der Waals surface area contributed by atoms with Crippen LogP contribution in [0.15, 0.2) is 0 Å². The molecule has 0 unspecified atom stereocenters. The highest BCUT2D eigenvalue weighted by atomic mass is 32.1. The van der Waals surface area contributed by atoms with Crippen molar-refractivity contribution >= 4 is 17.3 Å². The molecule has 0 fully saturated rings. The van der Waals surface area contributed by atoms with Crippen molar-refractivity contribution in [3.63, 3.8) is 0 Å². The maximum atomic E-state index is 5.37. The average molecular weight is 216 g/mol. The molecule has 0 aromatic carbocycles. The first-order chi connectivity index (χ1) is 6.01. The summed E-state index contributed by atoms with van der Waals surface area (Å²) in [7, 11) is 6.03. The number of thiocarbonyl (C=S) groups is 1. The first kappa shape index (κ1) is 13.7. The van der Waals surface area contributed by atoms with Gasteiger partial charge in [0.15, 0.2) is 5.11 Å². The molecule has 0 heterocycles. The average Bonchev–Trinajstić information content (AvgIpc) is 1.99. The number of rotatable bonds is 1. The van der Waals surface area contributed by atoms with Crippen LogP contribution in [0, 0.1) is 5.41 Å². The van der Waals surface area contributed by atoms with Crippen LogP contribution in [0.25, 0.3) is 0 Å². The van der Waals surface area contributed by atoms with Gasteiger partial charge in [0.25, 0.3) is 0 Å². The van der Waals surface area contributed by atoms with E-state index in [-0.39, 0.29) is 11.0 Å². The van der Waals surface area contributed by atoms with E-state index in [1.807, 2.05) is 19.0 Å². The Balaban J connectivity index is 4.85. The molecule has 0 aromatic rings. The normalized spacial score (nSPS) is 12.6. The lowest BCUT2D eigenvalue weighted by atomic mass is 9.75. The van der Waals surface area contributed by atoms with Crippen LogP contribution < -0.4 is 0 Å². The van der Waals surface area contributed by atoms with E-state index in [9.17, 15) is 0 Å². The third-order valence-corrected chi connectivity index (χ3v) is 3.98. The van der Waals surface area contributed by atoms with Crippen LogP contribution >= 0.6 is 12.2 Å². The zero-order chi connectivity index (χ0) is 11.7. The maximum Gasteiger partial charge on any atom is 0.171 e. The third-order valence-electron chi connectivity index (χ3n) is 3.34. The minimum atomic E-state index is 0.0500. The molecule has 0 N–H and O–H groups in total. The van der Waals surface area contributed by atoms with E-state index in [2.05, 4.69) is 46.6 Å². The van der Waals surface area contributed by atoms with E-state index in [0.717, 1.165) is 5.11 Å². The van der Waals surface area contributed by atoms with Gasteiger partial charge >= 0.3 is 0 Å². The van der Waals surface area contributed by atoms with Crippen molar-refractivity contribution in [3.05, 3.63) is 0 Å². The minimum Gasteiger partial charge on any atom is -0.355 e. The van der Waals surface area contributed by atoms with Crippen molar-refractivity contribution < 1.29 is 0 Å². The number of nitrogens with zero attached hydrogens (tertiary/aromatic N) is 2. The Bertz CT molecular complexity index is 214. The molecule has 3 heteroatoms. The van der Waals surface area contributed by atoms with Crippen molar-refractivity contribution in [2.45, 2.75) is 40.2 Å². The molecule has 0 saturated heterocycles. The first-order valence-corrected chi connectivity index (χ1v) is 5.37. The third kappa shape index (κ3) is 2.59. The first-order valence-electron chi connectivity index (χ1n) is 4.97. The maximum absolute atomic E-state index is 5.37. The van der Waals surface area contributed by atoms with Gasteiger partial charge in [0.2, 0.25) is 0 Å². The van der Waals surface area contributed by atoms with Crippen molar-refractivity contribution in [1.29, 1.82) is 0 Å². The molecule has 0 spiro atoms. The van der Waals surface area contributed by atoms with E-state index in [1.165, 1.54) is 0 Å². The highest BCUT2D eigenvalue weighted by molar-refractivity contribution is 7.80. The summed E-state index contributed by atoms with van der Waals surface area (Å²) in [4.78, 5) is 4.14. The standard InChI is InChI=1S/C11H24N2S/c1-10(2,3)11(4,5)13(8)9(14)12(6)7/h1-8H3. The second-order valence-electron chi connectivity index (χ2n) is 5.55. The fraction of sp³-hybridized carbons (Fsp3) is 0.909. The fourth-order valence-corrected chi connectivity index (χ4v) is 1.27. The van der Waals surface area contributed by atoms with E-state index in [4.69, 9.17) is 12.2 Å². The molecule has 84 valence electrons. The van der Waals surface area contributed by atoms with Gasteiger partial charge in [-0.3, -0.25) is 0 Å². The SMILES string of the molecule is CN(C)C(=S)N(C)C(C)(C)C(C)(C)C. The molecule has 0 saturated carbocycles. The van der Waals surface area contributed by atoms with Crippen LogP contribution in [-0.2, 0) is 0 Å². The molecule has 0 atom stereocenters. The van der Waals surface area contributed by atoms with E-state index in [0.29, 0.717) is 0 Å². The Labute approximate surface area is 94.3 Å². The van der Waals surface area contributed by atoms with Crippen molar-refractivity contribution in [1.82, 2.24) is 9.80 Å². The second-order valence-corrected chi connectivity index (χ2v) is 5.91. The van der Waals surface area contributed by atoms with Crippen molar-refractivity contribution in [2.24, 2.45) is 5.41 Å². The predicted molar refractivity (Wildman–Crippen MR) is 67.6 cm³/mol. The summed E-state index contributed by atoms with van der Waals surface area (Å²) in [5.41, 5.74) is 0.246. The van der Waals surface area contributed by atoms with E-state index < -0.39 is 0 Å². The van der Waals surface area contributed by atoms with Crippen LogP contribution in [0.4, 0.5) is 0 Å². The van der Waals surface area contributed by atoms with Crippen molar-refractivity contribution in [3.8, 4) is 0 Å². The Hall–Kier alpha value is -0.310. The van der Waals surface area contributed by atoms with E-state index in [1.54, 1.807) is 0 Å². The Kier molecular flexibility index (Phi) is 3.96. The molecule has 0 aliphatic rings. The second kappa shape index (κ2) is 4.05. The zero-order valence-electron chi connectivity index (χ0n) is 10.8. The van der Waals surface area contributed by atoms with Crippen LogP contribution in [-0.4, -0.2) is 41.6 Å². The summed E-state index contributed by atoms with van der Waals surface area (Å²) in [5, 5.41) is 0.880. The highest BCUT2D eigenvalue weighted by Gasteiger charge is 2.37. The predicted octanol–water partition coefficient (Wildman–Crippen LogP) is 2.59. The quantitative estimate of drug-likeness (QED) is 0.622. The Morgan fingerprint density at radius 1 is 0.929 bits per heavy atom. The molecule has 2 nitrogen and oxygen atoms in total. The van der Waals surface area contributed by atoms with Gasteiger partial charge < -0.3 is 9.80 Å². The topological polar surface area (TPSA) is 6.48 Å². The monoisotopic (exact) mass is 216 g/mol. The van der Waals surface area contributed by atoms with Crippen molar-refractivity contribution in [2.75, 3.05) is 21.1 Å². The molecular formula is C11H24N2S. The van der Waals surface area contributed by atoms with Gasteiger partial charge in [-0.25, -0.2) is 0 Å². The van der Waals surface area contributed by atoms with Crippen LogP contribution in [0.5, 0.6) is 0 Å². The smallest absolute Gasteiger partial charge is 0.171 e. The molecule has 0 amide bonds. The van der Waals surface area contributed by atoms with Gasteiger partial charge in [0, 0.05) is 26.7 Å². The van der Waals surface area contributed by atoms with Gasteiger partial charge in [-0.2, -0.15) is 0 Å². The largest absolute Gasteiger partial charge is 0.355 e. The fourth-order valence-electron chi connectivity index (χ4n) is 1.04. The zero-order valence-corrected chi connectivity index (χ0v) is 11.6. The van der Waals surface area contributed by atoms with Crippen LogP contribution in [0.1, 0.15) is 34.6 Å². The van der Waals surface area contributed by atoms with Crippen LogP contribution in [0.2, 0.25) is 0 Å². The molecular weight excluding hydrogens is 192 g/mol. The molecule has 0 aliphatic carbocycles. The Morgan fingerprint density at radius 3 is 1.50 bits per heavy atom. The van der Waals surface area contributed by atoms with Gasteiger partial charge in [-0.1, -0.05) is 20.8 Å².